The molecule has 0 spiro atoms. The molecule has 0 bridgehead atoms. The topological polar surface area (TPSA) is 30.7 Å². The van der Waals surface area contributed by atoms with E-state index in [1.165, 1.54) is 0 Å². The highest BCUT2D eigenvalue weighted by Crippen LogP contribution is 1.98. The molecule has 0 aliphatic carbocycles. The zero-order chi connectivity index (χ0) is 5.98. The first-order valence-electron chi connectivity index (χ1n) is 2.38. The largest absolute Gasteiger partial charge is 0.251 e. The second-order valence-electron chi connectivity index (χ2n) is 1.40. The summed E-state index contributed by atoms with van der Waals surface area (Å²) in [4.78, 5) is 0. The Kier molecular flexibility index (Phi) is 1.48. The van der Waals surface area contributed by atoms with Gasteiger partial charge in [-0.15, -0.1) is 5.10 Å². The minimum absolute atomic E-state index is 0.451. The van der Waals surface area contributed by atoms with Crippen molar-refractivity contribution < 1.29 is 0 Å². The van der Waals surface area contributed by atoms with Crippen molar-refractivity contribution in [1.82, 2.24) is 15.0 Å². The monoisotopic (exact) mass is 131 g/mol. The highest BCUT2D eigenvalue weighted by atomic mass is 35.5. The van der Waals surface area contributed by atoms with E-state index in [1.807, 2.05) is 6.92 Å². The van der Waals surface area contributed by atoms with Crippen LogP contribution in [0.25, 0.3) is 0 Å². The average Bonchev–Trinajstić information content (AvgIpc) is 2.14. The molecule has 1 aromatic heterocycles. The molecule has 0 aliphatic rings. The fourth-order valence-electron chi connectivity index (χ4n) is 0.429. The van der Waals surface area contributed by atoms with Crippen molar-refractivity contribution in [3.05, 3.63) is 11.3 Å². The van der Waals surface area contributed by atoms with Crippen LogP contribution in [0.5, 0.6) is 0 Å². The maximum Gasteiger partial charge on any atom is 0.171 e. The molecule has 0 fully saturated rings. The van der Waals surface area contributed by atoms with Crippen LogP contribution < -0.4 is 0 Å². The van der Waals surface area contributed by atoms with Crippen LogP contribution >= 0.6 is 11.6 Å². The lowest BCUT2D eigenvalue weighted by molar-refractivity contribution is 0.627. The molecular formula is C4H6ClN3. The first-order chi connectivity index (χ1) is 3.83. The van der Waals surface area contributed by atoms with Crippen molar-refractivity contribution in [3.8, 4) is 0 Å². The fourth-order valence-corrected chi connectivity index (χ4v) is 0.576. The molecule has 1 rings (SSSR count). The van der Waals surface area contributed by atoms with Gasteiger partial charge in [0, 0.05) is 6.54 Å². The Hall–Kier alpha value is -0.570. The summed E-state index contributed by atoms with van der Waals surface area (Å²) in [5, 5.41) is 7.69. The molecule has 0 aliphatic heterocycles. The average molecular weight is 132 g/mol. The summed E-state index contributed by atoms with van der Waals surface area (Å²) in [5.41, 5.74) is 0. The molecule has 0 N–H and O–H groups in total. The molecule has 8 heavy (non-hydrogen) atoms. The van der Waals surface area contributed by atoms with Crippen LogP contribution in [0.4, 0.5) is 0 Å². The predicted octanol–water partition coefficient (Wildman–Crippen LogP) is 0.951. The van der Waals surface area contributed by atoms with E-state index in [0.29, 0.717) is 5.15 Å². The molecule has 4 heteroatoms. The molecular weight excluding hydrogens is 126 g/mol. The first-order valence-corrected chi connectivity index (χ1v) is 2.76. The minimum atomic E-state index is 0.451. The van der Waals surface area contributed by atoms with Crippen LogP contribution in [-0.2, 0) is 6.54 Å². The predicted molar refractivity (Wildman–Crippen MR) is 30.7 cm³/mol. The summed E-state index contributed by atoms with van der Waals surface area (Å²) in [5.74, 6) is 0. The van der Waals surface area contributed by atoms with Gasteiger partial charge in [-0.05, 0) is 6.92 Å². The molecule has 0 unspecified atom stereocenters. The van der Waals surface area contributed by atoms with Gasteiger partial charge in [0.2, 0.25) is 0 Å². The fraction of sp³-hybridized carbons (Fsp3) is 0.500. The maximum absolute atomic E-state index is 5.44. The van der Waals surface area contributed by atoms with Crippen LogP contribution in [0.15, 0.2) is 6.20 Å². The van der Waals surface area contributed by atoms with E-state index < -0.39 is 0 Å². The van der Waals surface area contributed by atoms with Gasteiger partial charge in [-0.1, -0.05) is 16.8 Å². The van der Waals surface area contributed by atoms with Gasteiger partial charge in [0.25, 0.3) is 0 Å². The van der Waals surface area contributed by atoms with Crippen molar-refractivity contribution in [2.75, 3.05) is 0 Å². The van der Waals surface area contributed by atoms with Crippen molar-refractivity contribution in [3.63, 3.8) is 0 Å². The molecule has 0 atom stereocenters. The molecule has 1 aromatic rings. The molecule has 3 nitrogen and oxygen atoms in total. The smallest absolute Gasteiger partial charge is 0.171 e. The Labute approximate surface area is 52.3 Å². The van der Waals surface area contributed by atoms with Gasteiger partial charge in [-0.3, -0.25) is 4.68 Å². The quantitative estimate of drug-likeness (QED) is 0.568. The number of rotatable bonds is 1. The molecule has 44 valence electrons. The van der Waals surface area contributed by atoms with E-state index >= 15 is 0 Å². The van der Waals surface area contributed by atoms with E-state index in [1.54, 1.807) is 10.9 Å². The lowest BCUT2D eigenvalue weighted by Gasteiger charge is -1.85. The van der Waals surface area contributed by atoms with E-state index in [0.717, 1.165) is 6.54 Å². The Balaban J connectivity index is 2.84. The minimum Gasteiger partial charge on any atom is -0.251 e. The van der Waals surface area contributed by atoms with E-state index in [-0.39, 0.29) is 0 Å². The summed E-state index contributed by atoms with van der Waals surface area (Å²) in [7, 11) is 0. The lowest BCUT2D eigenvalue weighted by Crippen LogP contribution is -1.93. The molecule has 0 saturated carbocycles. The number of aryl methyl sites for hydroxylation is 1. The van der Waals surface area contributed by atoms with Gasteiger partial charge in [-0.2, -0.15) is 0 Å². The highest BCUT2D eigenvalue weighted by molar-refractivity contribution is 6.29. The molecule has 1 heterocycles. The summed E-state index contributed by atoms with van der Waals surface area (Å²) >= 11 is 5.44. The van der Waals surface area contributed by atoms with Crippen LogP contribution in [-0.4, -0.2) is 15.0 Å². The standard InChI is InChI=1S/C4H6ClN3/c1-2-8-3-4(5)6-7-8/h3H,2H2,1H3. The van der Waals surface area contributed by atoms with Gasteiger partial charge >= 0.3 is 0 Å². The number of halogens is 1. The summed E-state index contributed by atoms with van der Waals surface area (Å²) in [6.07, 6.45) is 1.68. The number of hydrogen-bond acceptors (Lipinski definition) is 2. The van der Waals surface area contributed by atoms with Crippen molar-refractivity contribution in [2.45, 2.75) is 13.5 Å². The molecule has 0 saturated heterocycles. The Morgan fingerprint density at radius 1 is 1.88 bits per heavy atom. The summed E-state index contributed by atoms with van der Waals surface area (Å²) in [6.45, 7) is 2.80. The zero-order valence-corrected chi connectivity index (χ0v) is 5.26. The third kappa shape index (κ3) is 0.980. The van der Waals surface area contributed by atoms with Crippen LogP contribution in [0.2, 0.25) is 5.15 Å². The van der Waals surface area contributed by atoms with E-state index in [2.05, 4.69) is 10.3 Å². The SMILES string of the molecule is CCn1cc(Cl)nn1. The van der Waals surface area contributed by atoms with E-state index in [9.17, 15) is 0 Å². The van der Waals surface area contributed by atoms with Crippen LogP contribution in [0.1, 0.15) is 6.92 Å². The van der Waals surface area contributed by atoms with Crippen molar-refractivity contribution in [2.24, 2.45) is 0 Å². The Morgan fingerprint density at radius 2 is 2.62 bits per heavy atom. The van der Waals surface area contributed by atoms with Gasteiger partial charge in [0.05, 0.1) is 6.20 Å². The third-order valence-electron chi connectivity index (χ3n) is 0.835. The number of nitrogens with zero attached hydrogens (tertiary/aromatic N) is 3. The number of aromatic nitrogens is 3. The van der Waals surface area contributed by atoms with Gasteiger partial charge in [-0.25, -0.2) is 0 Å². The Morgan fingerprint density at radius 3 is 2.88 bits per heavy atom. The second-order valence-corrected chi connectivity index (χ2v) is 1.78. The normalized spacial score (nSPS) is 9.75. The molecule has 0 radical (unpaired) electrons. The summed E-state index contributed by atoms with van der Waals surface area (Å²) < 4.78 is 1.67. The van der Waals surface area contributed by atoms with Crippen LogP contribution in [0, 0.1) is 0 Å². The van der Waals surface area contributed by atoms with Gasteiger partial charge in [0.1, 0.15) is 0 Å². The van der Waals surface area contributed by atoms with E-state index in [4.69, 9.17) is 11.6 Å². The van der Waals surface area contributed by atoms with Crippen molar-refractivity contribution in [1.29, 1.82) is 0 Å². The molecule has 0 aromatic carbocycles. The van der Waals surface area contributed by atoms with Gasteiger partial charge in [0.15, 0.2) is 5.15 Å². The third-order valence-corrected chi connectivity index (χ3v) is 1.01. The summed E-state index contributed by atoms with van der Waals surface area (Å²) in [6, 6.07) is 0. The van der Waals surface area contributed by atoms with Gasteiger partial charge < -0.3 is 0 Å². The molecule has 0 amide bonds. The number of hydrogen-bond donors (Lipinski definition) is 0. The Bertz CT molecular complexity index is 172. The lowest BCUT2D eigenvalue weighted by atomic mass is 10.7. The zero-order valence-electron chi connectivity index (χ0n) is 4.50. The van der Waals surface area contributed by atoms with Crippen molar-refractivity contribution >= 4 is 11.6 Å². The second kappa shape index (κ2) is 2.13. The van der Waals surface area contributed by atoms with Crippen LogP contribution in [0.3, 0.4) is 0 Å². The maximum atomic E-state index is 5.44. The first kappa shape index (κ1) is 5.56. The highest BCUT2D eigenvalue weighted by Gasteiger charge is 1.90.